The van der Waals surface area contributed by atoms with E-state index >= 15 is 0 Å². The van der Waals surface area contributed by atoms with E-state index in [1.165, 1.54) is 18.2 Å². The summed E-state index contributed by atoms with van der Waals surface area (Å²) in [5, 5.41) is 13.6. The van der Waals surface area contributed by atoms with Crippen LogP contribution in [-0.4, -0.2) is 46.7 Å². The normalized spacial score (nSPS) is 15.7. The van der Waals surface area contributed by atoms with Crippen LogP contribution < -0.4 is 10.6 Å². The Labute approximate surface area is 197 Å². The number of aromatic nitrogens is 2. The minimum absolute atomic E-state index is 0.0942. The lowest BCUT2D eigenvalue weighted by molar-refractivity contribution is -0.133. The largest absolute Gasteiger partial charge is 0.421 e. The number of halogens is 1. The van der Waals surface area contributed by atoms with Crippen LogP contribution in [0.1, 0.15) is 31.6 Å². The molecule has 2 heterocycles. The van der Waals surface area contributed by atoms with E-state index in [4.69, 9.17) is 4.42 Å². The topological polar surface area (TPSA) is 100 Å². The van der Waals surface area contributed by atoms with Crippen molar-refractivity contribution >= 4 is 17.6 Å². The highest BCUT2D eigenvalue weighted by Crippen LogP contribution is 2.20. The van der Waals surface area contributed by atoms with Gasteiger partial charge in [-0.25, -0.2) is 9.18 Å². The fourth-order valence-corrected chi connectivity index (χ4v) is 4.04. The lowest BCUT2D eigenvalue weighted by atomic mass is 9.97. The van der Waals surface area contributed by atoms with Gasteiger partial charge in [-0.1, -0.05) is 24.3 Å². The Balaban J connectivity index is 1.18. The second-order valence-corrected chi connectivity index (χ2v) is 8.41. The average molecular weight is 466 g/mol. The first-order valence-corrected chi connectivity index (χ1v) is 11.5. The van der Waals surface area contributed by atoms with E-state index in [1.54, 1.807) is 6.07 Å². The third kappa shape index (κ3) is 6.63. The predicted octanol–water partition coefficient (Wildman–Crippen LogP) is 4.26. The molecule has 9 heteroatoms. The van der Waals surface area contributed by atoms with Gasteiger partial charge in [-0.3, -0.25) is 4.79 Å². The summed E-state index contributed by atoms with van der Waals surface area (Å²) in [6.07, 6.45) is 3.42. The molecule has 0 radical (unpaired) electrons. The molecule has 0 spiro atoms. The van der Waals surface area contributed by atoms with Crippen molar-refractivity contribution in [2.24, 2.45) is 5.92 Å². The van der Waals surface area contributed by atoms with Crippen LogP contribution in [0.5, 0.6) is 0 Å². The summed E-state index contributed by atoms with van der Waals surface area (Å²) >= 11 is 0. The van der Waals surface area contributed by atoms with E-state index in [9.17, 15) is 14.0 Å². The lowest BCUT2D eigenvalue weighted by Gasteiger charge is -2.33. The van der Waals surface area contributed by atoms with Crippen molar-refractivity contribution in [3.8, 4) is 11.5 Å². The van der Waals surface area contributed by atoms with Gasteiger partial charge >= 0.3 is 6.03 Å². The lowest BCUT2D eigenvalue weighted by Crippen LogP contribution is -2.44. The smallest absolute Gasteiger partial charge is 0.319 e. The van der Waals surface area contributed by atoms with E-state index in [0.29, 0.717) is 49.8 Å². The van der Waals surface area contributed by atoms with Crippen LogP contribution in [0.4, 0.5) is 14.9 Å². The number of benzene rings is 2. The van der Waals surface area contributed by atoms with Crippen LogP contribution in [-0.2, 0) is 11.2 Å². The minimum Gasteiger partial charge on any atom is -0.421 e. The van der Waals surface area contributed by atoms with Crippen molar-refractivity contribution < 1.29 is 18.4 Å². The van der Waals surface area contributed by atoms with Crippen molar-refractivity contribution in [3.63, 3.8) is 0 Å². The SMILES string of the molecule is O=C(NCC1CCCN(C(=O)CCCc2nnc(-c3ccccc3)o2)C1)Nc1cccc(F)c1. The molecule has 1 aromatic heterocycles. The molecule has 0 aliphatic carbocycles. The van der Waals surface area contributed by atoms with Crippen molar-refractivity contribution in [3.05, 3.63) is 66.3 Å². The first-order valence-electron chi connectivity index (χ1n) is 11.5. The van der Waals surface area contributed by atoms with Gasteiger partial charge in [0.1, 0.15) is 5.82 Å². The predicted molar refractivity (Wildman–Crippen MR) is 125 cm³/mol. The number of rotatable bonds is 8. The van der Waals surface area contributed by atoms with Gasteiger partial charge in [0.25, 0.3) is 0 Å². The van der Waals surface area contributed by atoms with E-state index < -0.39 is 5.82 Å². The van der Waals surface area contributed by atoms with Crippen molar-refractivity contribution in [2.75, 3.05) is 25.0 Å². The molecule has 34 heavy (non-hydrogen) atoms. The fraction of sp³-hybridized carbons (Fsp3) is 0.360. The molecule has 8 nitrogen and oxygen atoms in total. The maximum absolute atomic E-state index is 13.2. The Hall–Kier alpha value is -3.75. The third-order valence-corrected chi connectivity index (χ3v) is 5.77. The molecule has 1 fully saturated rings. The molecule has 1 unspecified atom stereocenters. The van der Waals surface area contributed by atoms with Crippen LogP contribution in [0.15, 0.2) is 59.0 Å². The number of hydrogen-bond donors (Lipinski definition) is 2. The van der Waals surface area contributed by atoms with Crippen molar-refractivity contribution in [1.29, 1.82) is 0 Å². The molecule has 2 aromatic carbocycles. The summed E-state index contributed by atoms with van der Waals surface area (Å²) in [5.74, 6) is 0.874. The Morgan fingerprint density at radius 1 is 1.12 bits per heavy atom. The van der Waals surface area contributed by atoms with Crippen LogP contribution in [0, 0.1) is 11.7 Å². The van der Waals surface area contributed by atoms with Crippen LogP contribution in [0.3, 0.4) is 0 Å². The fourth-order valence-electron chi connectivity index (χ4n) is 4.04. The highest BCUT2D eigenvalue weighted by atomic mass is 19.1. The number of amides is 3. The molecule has 1 aliphatic rings. The van der Waals surface area contributed by atoms with E-state index in [0.717, 1.165) is 24.9 Å². The number of likely N-dealkylation sites (tertiary alicyclic amines) is 1. The van der Waals surface area contributed by atoms with E-state index in [1.807, 2.05) is 35.2 Å². The molecule has 0 saturated carbocycles. The van der Waals surface area contributed by atoms with E-state index in [-0.39, 0.29) is 17.9 Å². The Morgan fingerprint density at radius 3 is 2.79 bits per heavy atom. The van der Waals surface area contributed by atoms with Gasteiger partial charge in [-0.05, 0) is 55.5 Å². The minimum atomic E-state index is -0.407. The maximum Gasteiger partial charge on any atom is 0.319 e. The Bertz CT molecular complexity index is 1100. The average Bonchev–Trinajstić information content (AvgIpc) is 3.32. The third-order valence-electron chi connectivity index (χ3n) is 5.77. The number of nitrogens with one attached hydrogen (secondary N) is 2. The second kappa shape index (κ2) is 11.4. The summed E-state index contributed by atoms with van der Waals surface area (Å²) in [7, 11) is 0. The zero-order chi connectivity index (χ0) is 23.8. The molecule has 4 rings (SSSR count). The van der Waals surface area contributed by atoms with Gasteiger partial charge in [-0.2, -0.15) is 0 Å². The first kappa shape index (κ1) is 23.4. The highest BCUT2D eigenvalue weighted by Gasteiger charge is 2.24. The molecule has 1 saturated heterocycles. The van der Waals surface area contributed by atoms with E-state index in [2.05, 4.69) is 20.8 Å². The summed E-state index contributed by atoms with van der Waals surface area (Å²) < 4.78 is 19.0. The standard InChI is InChI=1S/C25H28FN5O3/c26-20-10-4-11-21(15-20)28-25(33)27-16-18-7-6-14-31(17-18)23(32)13-5-12-22-29-30-24(34-22)19-8-2-1-3-9-19/h1-4,8-11,15,18H,5-7,12-14,16-17H2,(H2,27,28,33). The number of piperidine rings is 1. The quantitative estimate of drug-likeness (QED) is 0.518. The molecule has 3 aromatic rings. The molecular formula is C25H28FN5O3. The summed E-state index contributed by atoms with van der Waals surface area (Å²) in [6.45, 7) is 1.79. The summed E-state index contributed by atoms with van der Waals surface area (Å²) in [4.78, 5) is 26.7. The zero-order valence-corrected chi connectivity index (χ0v) is 18.9. The highest BCUT2D eigenvalue weighted by molar-refractivity contribution is 5.89. The summed E-state index contributed by atoms with van der Waals surface area (Å²) in [6, 6.07) is 14.9. The van der Waals surface area contributed by atoms with Crippen LogP contribution in [0.2, 0.25) is 0 Å². The molecule has 178 valence electrons. The number of carbonyl (C=O) groups is 2. The van der Waals surface area contributed by atoms with Gasteiger partial charge in [0.05, 0.1) is 0 Å². The molecule has 3 amide bonds. The molecule has 0 bridgehead atoms. The van der Waals surface area contributed by atoms with Gasteiger partial charge in [0, 0.05) is 43.7 Å². The Kier molecular flexibility index (Phi) is 7.85. The molecular weight excluding hydrogens is 437 g/mol. The van der Waals surface area contributed by atoms with Gasteiger partial charge in [-0.15, -0.1) is 10.2 Å². The number of carbonyl (C=O) groups excluding carboxylic acids is 2. The zero-order valence-electron chi connectivity index (χ0n) is 18.9. The second-order valence-electron chi connectivity index (χ2n) is 8.41. The molecule has 1 atom stereocenters. The first-order chi connectivity index (χ1) is 16.6. The monoisotopic (exact) mass is 465 g/mol. The Morgan fingerprint density at radius 2 is 1.97 bits per heavy atom. The van der Waals surface area contributed by atoms with Crippen LogP contribution in [0.25, 0.3) is 11.5 Å². The number of hydrogen-bond acceptors (Lipinski definition) is 5. The van der Waals surface area contributed by atoms with Gasteiger partial charge in [0.15, 0.2) is 0 Å². The number of urea groups is 1. The van der Waals surface area contributed by atoms with Crippen molar-refractivity contribution in [1.82, 2.24) is 20.4 Å². The number of aryl methyl sites for hydroxylation is 1. The molecule has 1 aliphatic heterocycles. The van der Waals surface area contributed by atoms with Gasteiger partial charge < -0.3 is 20.0 Å². The maximum atomic E-state index is 13.2. The van der Waals surface area contributed by atoms with Crippen molar-refractivity contribution in [2.45, 2.75) is 32.1 Å². The van der Waals surface area contributed by atoms with Crippen LogP contribution >= 0.6 is 0 Å². The number of anilines is 1. The molecule has 2 N–H and O–H groups in total. The van der Waals surface area contributed by atoms with Gasteiger partial charge in [0.2, 0.25) is 17.7 Å². The number of nitrogens with zero attached hydrogens (tertiary/aromatic N) is 3. The summed E-state index contributed by atoms with van der Waals surface area (Å²) in [5.41, 5.74) is 1.27.